The fraction of sp³-hybridized carbons (Fsp3) is 0. The Morgan fingerprint density at radius 3 is 2.80 bits per heavy atom. The summed E-state index contributed by atoms with van der Waals surface area (Å²) in [5, 5.41) is 0. The lowest BCUT2D eigenvalue weighted by molar-refractivity contribution is 0.112. The average Bonchev–Trinajstić information content (AvgIpc) is 2.31. The number of rotatable bonds is 2. The van der Waals surface area contributed by atoms with Gasteiger partial charge in [0.2, 0.25) is 0 Å². The summed E-state index contributed by atoms with van der Waals surface area (Å²) in [6.45, 7) is 0. The highest BCUT2D eigenvalue weighted by Crippen LogP contribution is 2.19. The molecule has 2 aromatic heterocycles. The van der Waals surface area contributed by atoms with Crippen molar-refractivity contribution >= 4 is 12.1 Å². The second-order valence-corrected chi connectivity index (χ2v) is 3.06. The van der Waals surface area contributed by atoms with Crippen LogP contribution in [-0.4, -0.2) is 16.3 Å². The molecule has 74 valence electrons. The Morgan fingerprint density at radius 2 is 2.13 bits per heavy atom. The highest BCUT2D eigenvalue weighted by Gasteiger charge is 2.03. The molecule has 4 heteroatoms. The Hall–Kier alpha value is -2.23. The van der Waals surface area contributed by atoms with E-state index in [9.17, 15) is 4.79 Å². The third-order valence-electron chi connectivity index (χ3n) is 2.07. The normalized spacial score (nSPS) is 9.87. The Balaban J connectivity index is 2.51. The highest BCUT2D eigenvalue weighted by molar-refractivity contribution is 5.84. The third-order valence-corrected chi connectivity index (χ3v) is 2.07. The van der Waals surface area contributed by atoms with Gasteiger partial charge in [0.15, 0.2) is 6.29 Å². The number of carbonyl (C=O) groups excluding carboxylic acids is 1. The molecule has 0 spiro atoms. The smallest absolute Gasteiger partial charge is 0.153 e. The maximum atomic E-state index is 10.7. The summed E-state index contributed by atoms with van der Waals surface area (Å²) in [6, 6.07) is 5.42. The van der Waals surface area contributed by atoms with Crippen molar-refractivity contribution in [1.29, 1.82) is 0 Å². The van der Waals surface area contributed by atoms with Crippen molar-refractivity contribution in [2.24, 2.45) is 0 Å². The summed E-state index contributed by atoms with van der Waals surface area (Å²) in [4.78, 5) is 18.6. The molecule has 0 atom stereocenters. The summed E-state index contributed by atoms with van der Waals surface area (Å²) in [6.07, 6.45) is 5.72. The van der Waals surface area contributed by atoms with E-state index < -0.39 is 0 Å². The summed E-state index contributed by atoms with van der Waals surface area (Å²) in [5.41, 5.74) is 7.66. The molecule has 0 amide bonds. The summed E-state index contributed by atoms with van der Waals surface area (Å²) >= 11 is 0. The van der Waals surface area contributed by atoms with Crippen LogP contribution in [0.25, 0.3) is 11.1 Å². The molecule has 15 heavy (non-hydrogen) atoms. The van der Waals surface area contributed by atoms with E-state index in [1.165, 1.54) is 0 Å². The number of hydrogen-bond acceptors (Lipinski definition) is 4. The van der Waals surface area contributed by atoms with Gasteiger partial charge >= 0.3 is 0 Å². The minimum absolute atomic E-state index is 0.248. The Kier molecular flexibility index (Phi) is 2.41. The van der Waals surface area contributed by atoms with Crippen LogP contribution in [-0.2, 0) is 0 Å². The number of aldehydes is 1. The fourth-order valence-electron chi connectivity index (χ4n) is 1.28. The number of nitrogens with two attached hydrogens (primary N) is 1. The Morgan fingerprint density at radius 1 is 1.27 bits per heavy atom. The van der Waals surface area contributed by atoms with E-state index in [2.05, 4.69) is 9.97 Å². The molecular formula is C11H9N3O. The van der Waals surface area contributed by atoms with E-state index in [1.807, 2.05) is 12.1 Å². The molecule has 0 radical (unpaired) electrons. The van der Waals surface area contributed by atoms with Gasteiger partial charge in [0.25, 0.3) is 0 Å². The summed E-state index contributed by atoms with van der Waals surface area (Å²) in [5.74, 6) is 0.248. The van der Waals surface area contributed by atoms with Crippen molar-refractivity contribution in [1.82, 2.24) is 9.97 Å². The molecule has 0 aliphatic heterocycles. The maximum Gasteiger partial charge on any atom is 0.153 e. The lowest BCUT2D eigenvalue weighted by Gasteiger charge is -2.02. The van der Waals surface area contributed by atoms with Crippen LogP contribution in [0, 0.1) is 0 Å². The van der Waals surface area contributed by atoms with Gasteiger partial charge in [-0.3, -0.25) is 9.78 Å². The van der Waals surface area contributed by atoms with Gasteiger partial charge < -0.3 is 5.73 Å². The highest BCUT2D eigenvalue weighted by atomic mass is 16.1. The second-order valence-electron chi connectivity index (χ2n) is 3.06. The van der Waals surface area contributed by atoms with E-state index in [0.29, 0.717) is 11.8 Å². The number of nitrogen functional groups attached to an aromatic ring is 1. The lowest BCUT2D eigenvalue weighted by atomic mass is 10.1. The van der Waals surface area contributed by atoms with Crippen molar-refractivity contribution in [2.75, 3.05) is 5.73 Å². The molecule has 0 aliphatic rings. The van der Waals surface area contributed by atoms with Crippen LogP contribution in [0.3, 0.4) is 0 Å². The molecule has 0 saturated carbocycles. The zero-order valence-electron chi connectivity index (χ0n) is 7.92. The molecule has 0 aliphatic carbocycles. The molecule has 0 fully saturated rings. The van der Waals surface area contributed by atoms with Crippen LogP contribution in [0.1, 0.15) is 10.4 Å². The lowest BCUT2D eigenvalue weighted by Crippen LogP contribution is -1.96. The van der Waals surface area contributed by atoms with Crippen LogP contribution in [0.2, 0.25) is 0 Å². The van der Waals surface area contributed by atoms with Crippen LogP contribution < -0.4 is 5.73 Å². The van der Waals surface area contributed by atoms with Gasteiger partial charge in [0.05, 0.1) is 5.56 Å². The van der Waals surface area contributed by atoms with Gasteiger partial charge in [-0.1, -0.05) is 6.07 Å². The molecule has 0 saturated heterocycles. The van der Waals surface area contributed by atoms with Gasteiger partial charge in [0, 0.05) is 29.7 Å². The number of nitrogens with zero attached hydrogens (tertiary/aromatic N) is 2. The first kappa shape index (κ1) is 9.33. The SMILES string of the molecule is Nc1ncc(-c2cccnc2)cc1C=O. The first-order valence-electron chi connectivity index (χ1n) is 4.42. The minimum atomic E-state index is 0.248. The van der Waals surface area contributed by atoms with Crippen LogP contribution in [0.4, 0.5) is 5.82 Å². The van der Waals surface area contributed by atoms with Crippen molar-refractivity contribution in [2.45, 2.75) is 0 Å². The second kappa shape index (κ2) is 3.88. The first-order chi connectivity index (χ1) is 7.31. The van der Waals surface area contributed by atoms with Crippen molar-refractivity contribution in [3.63, 3.8) is 0 Å². The predicted octanol–water partition coefficient (Wildman–Crippen LogP) is 1.54. The Labute approximate surface area is 86.8 Å². The molecule has 2 aromatic rings. The summed E-state index contributed by atoms with van der Waals surface area (Å²) in [7, 11) is 0. The van der Waals surface area contributed by atoms with Crippen LogP contribution >= 0.6 is 0 Å². The van der Waals surface area contributed by atoms with Gasteiger partial charge in [-0.25, -0.2) is 4.98 Å². The molecule has 0 aromatic carbocycles. The van der Waals surface area contributed by atoms with Crippen LogP contribution in [0.15, 0.2) is 36.8 Å². The van der Waals surface area contributed by atoms with E-state index >= 15 is 0 Å². The van der Waals surface area contributed by atoms with Gasteiger partial charge in [-0.15, -0.1) is 0 Å². The van der Waals surface area contributed by atoms with Gasteiger partial charge in [0.1, 0.15) is 5.82 Å². The molecule has 4 nitrogen and oxygen atoms in total. The molecule has 2 N–H and O–H groups in total. The van der Waals surface area contributed by atoms with Gasteiger partial charge in [-0.2, -0.15) is 0 Å². The van der Waals surface area contributed by atoms with E-state index in [0.717, 1.165) is 11.1 Å². The standard InChI is InChI=1S/C11H9N3O/c12-11-10(7-15)4-9(6-14-11)8-2-1-3-13-5-8/h1-7H,(H2,12,14). The summed E-state index contributed by atoms with van der Waals surface area (Å²) < 4.78 is 0. The molecular weight excluding hydrogens is 190 g/mol. The number of aromatic nitrogens is 2. The van der Waals surface area contributed by atoms with Crippen molar-refractivity contribution in [3.05, 3.63) is 42.4 Å². The number of hydrogen-bond donors (Lipinski definition) is 1. The zero-order valence-corrected chi connectivity index (χ0v) is 7.92. The van der Waals surface area contributed by atoms with Crippen molar-refractivity contribution in [3.8, 4) is 11.1 Å². The molecule has 2 heterocycles. The molecule has 2 rings (SSSR count). The maximum absolute atomic E-state index is 10.7. The number of pyridine rings is 2. The monoisotopic (exact) mass is 199 g/mol. The quantitative estimate of drug-likeness (QED) is 0.745. The minimum Gasteiger partial charge on any atom is -0.383 e. The molecule has 0 unspecified atom stereocenters. The number of carbonyl (C=O) groups is 1. The van der Waals surface area contributed by atoms with E-state index in [4.69, 9.17) is 5.73 Å². The Bertz CT molecular complexity index is 482. The van der Waals surface area contributed by atoms with Crippen LogP contribution in [0.5, 0.6) is 0 Å². The largest absolute Gasteiger partial charge is 0.383 e. The van der Waals surface area contributed by atoms with E-state index in [1.54, 1.807) is 24.7 Å². The topological polar surface area (TPSA) is 68.9 Å². The zero-order chi connectivity index (χ0) is 10.7. The fourth-order valence-corrected chi connectivity index (χ4v) is 1.28. The first-order valence-corrected chi connectivity index (χ1v) is 4.42. The van der Waals surface area contributed by atoms with Gasteiger partial charge in [-0.05, 0) is 12.1 Å². The third kappa shape index (κ3) is 1.83. The van der Waals surface area contributed by atoms with Crippen molar-refractivity contribution < 1.29 is 4.79 Å². The van der Waals surface area contributed by atoms with E-state index in [-0.39, 0.29) is 5.82 Å². The average molecular weight is 199 g/mol. The number of anilines is 1. The predicted molar refractivity (Wildman–Crippen MR) is 57.3 cm³/mol. The molecule has 0 bridgehead atoms.